The molecule has 3 rings (SSSR count). The van der Waals surface area contributed by atoms with Gasteiger partial charge in [-0.3, -0.25) is 4.79 Å². The Hall–Kier alpha value is -2.35. The summed E-state index contributed by atoms with van der Waals surface area (Å²) in [6.45, 7) is 3.93. The molecular formula is C20H31N5O3. The van der Waals surface area contributed by atoms with Crippen molar-refractivity contribution in [2.75, 3.05) is 37.7 Å². The Bertz CT molecular complexity index is 625. The van der Waals surface area contributed by atoms with E-state index in [1.165, 1.54) is 19.3 Å². The van der Waals surface area contributed by atoms with Crippen molar-refractivity contribution in [3.63, 3.8) is 0 Å². The van der Waals surface area contributed by atoms with E-state index in [2.05, 4.69) is 25.8 Å². The number of ether oxygens (including phenoxy) is 1. The molecule has 8 heteroatoms. The van der Waals surface area contributed by atoms with Gasteiger partial charge in [-0.1, -0.05) is 25.3 Å². The van der Waals surface area contributed by atoms with Crippen LogP contribution in [0.2, 0.25) is 0 Å². The van der Waals surface area contributed by atoms with Crippen molar-refractivity contribution in [1.29, 1.82) is 0 Å². The molecule has 1 aromatic heterocycles. The number of aromatic nitrogens is 1. The molecule has 0 spiro atoms. The summed E-state index contributed by atoms with van der Waals surface area (Å²) in [5.74, 6) is 0.849. The number of hydrogen-bond donors (Lipinski definition) is 3. The summed E-state index contributed by atoms with van der Waals surface area (Å²) in [7, 11) is 0. The van der Waals surface area contributed by atoms with Crippen molar-refractivity contribution in [3.8, 4) is 0 Å². The molecule has 0 unspecified atom stereocenters. The molecule has 0 aromatic carbocycles. The first-order valence-corrected chi connectivity index (χ1v) is 10.3. The maximum absolute atomic E-state index is 12.0. The molecule has 1 saturated carbocycles. The summed E-state index contributed by atoms with van der Waals surface area (Å²) < 4.78 is 5.35. The highest BCUT2D eigenvalue weighted by molar-refractivity contribution is 5.78. The van der Waals surface area contributed by atoms with Crippen LogP contribution in [-0.4, -0.2) is 55.8 Å². The number of rotatable bonds is 7. The lowest BCUT2D eigenvalue weighted by Crippen LogP contribution is -2.43. The molecule has 2 aliphatic rings. The van der Waals surface area contributed by atoms with Crippen molar-refractivity contribution in [2.45, 2.75) is 51.1 Å². The number of urea groups is 1. The molecule has 3 amide bonds. The third-order valence-electron chi connectivity index (χ3n) is 5.21. The highest BCUT2D eigenvalue weighted by Crippen LogP contribution is 2.17. The van der Waals surface area contributed by atoms with Gasteiger partial charge in [0, 0.05) is 44.8 Å². The van der Waals surface area contributed by atoms with Gasteiger partial charge >= 0.3 is 6.03 Å². The standard InChI is InChI=1S/C20H31N5O3/c26-19(8-9-21-20(27)24-17-4-2-1-3-5-17)23-15-16-6-7-18(22-14-16)25-10-12-28-13-11-25/h6-7,14,17H,1-5,8-13,15H2,(H,23,26)(H2,21,24,27). The monoisotopic (exact) mass is 389 g/mol. The Labute approximate surface area is 166 Å². The predicted molar refractivity (Wildman–Crippen MR) is 107 cm³/mol. The third-order valence-corrected chi connectivity index (χ3v) is 5.21. The average Bonchev–Trinajstić information content (AvgIpc) is 2.74. The normalized spacial score (nSPS) is 17.8. The lowest BCUT2D eigenvalue weighted by atomic mass is 9.96. The van der Waals surface area contributed by atoms with Crippen LogP contribution >= 0.6 is 0 Å². The Morgan fingerprint density at radius 1 is 1.11 bits per heavy atom. The molecule has 2 fully saturated rings. The lowest BCUT2D eigenvalue weighted by Gasteiger charge is -2.27. The predicted octanol–water partition coefficient (Wildman–Crippen LogP) is 1.56. The van der Waals surface area contributed by atoms with Crippen LogP contribution in [0.5, 0.6) is 0 Å². The first-order valence-electron chi connectivity index (χ1n) is 10.3. The first-order chi connectivity index (χ1) is 13.7. The molecule has 1 aliphatic carbocycles. The fraction of sp³-hybridized carbons (Fsp3) is 0.650. The number of carbonyl (C=O) groups is 2. The fourth-order valence-corrected chi connectivity index (χ4v) is 3.56. The van der Waals surface area contributed by atoms with E-state index in [4.69, 9.17) is 4.74 Å². The van der Waals surface area contributed by atoms with Gasteiger partial charge in [0.25, 0.3) is 0 Å². The van der Waals surface area contributed by atoms with E-state index in [-0.39, 0.29) is 24.4 Å². The van der Waals surface area contributed by atoms with E-state index in [1.807, 2.05) is 12.1 Å². The third kappa shape index (κ3) is 6.67. The van der Waals surface area contributed by atoms with Crippen molar-refractivity contribution >= 4 is 17.8 Å². The summed E-state index contributed by atoms with van der Waals surface area (Å²) in [4.78, 5) is 30.5. The number of anilines is 1. The van der Waals surface area contributed by atoms with Gasteiger partial charge in [-0.25, -0.2) is 9.78 Å². The van der Waals surface area contributed by atoms with E-state index in [9.17, 15) is 9.59 Å². The van der Waals surface area contributed by atoms with Crippen molar-refractivity contribution in [1.82, 2.24) is 20.9 Å². The summed E-state index contributed by atoms with van der Waals surface area (Å²) in [5, 5.41) is 8.61. The molecule has 0 radical (unpaired) electrons. The van der Waals surface area contributed by atoms with Crippen LogP contribution in [0.15, 0.2) is 18.3 Å². The molecule has 1 aromatic rings. The summed E-state index contributed by atoms with van der Waals surface area (Å²) in [5.41, 5.74) is 0.952. The Balaban J connectivity index is 1.30. The van der Waals surface area contributed by atoms with Crippen molar-refractivity contribution in [3.05, 3.63) is 23.9 Å². The van der Waals surface area contributed by atoms with Crippen molar-refractivity contribution < 1.29 is 14.3 Å². The Kier molecular flexibility index (Phi) is 7.90. The van der Waals surface area contributed by atoms with Gasteiger partial charge in [0.15, 0.2) is 0 Å². The highest BCUT2D eigenvalue weighted by atomic mass is 16.5. The smallest absolute Gasteiger partial charge is 0.315 e. The van der Waals surface area contributed by atoms with Crippen LogP contribution in [0, 0.1) is 0 Å². The van der Waals surface area contributed by atoms with Gasteiger partial charge in [-0.2, -0.15) is 0 Å². The minimum Gasteiger partial charge on any atom is -0.378 e. The molecule has 0 atom stereocenters. The summed E-state index contributed by atoms with van der Waals surface area (Å²) >= 11 is 0. The van der Waals surface area contributed by atoms with E-state index >= 15 is 0 Å². The lowest BCUT2D eigenvalue weighted by molar-refractivity contribution is -0.121. The SMILES string of the molecule is O=C(CCNC(=O)NC1CCCCC1)NCc1ccc(N2CCOCC2)nc1. The maximum Gasteiger partial charge on any atom is 0.315 e. The molecule has 2 heterocycles. The molecule has 8 nitrogen and oxygen atoms in total. The van der Waals surface area contributed by atoms with Gasteiger partial charge < -0.3 is 25.6 Å². The highest BCUT2D eigenvalue weighted by Gasteiger charge is 2.15. The number of pyridine rings is 1. The molecule has 0 bridgehead atoms. The van der Waals surface area contributed by atoms with Gasteiger partial charge in [0.1, 0.15) is 5.82 Å². The first kappa shape index (κ1) is 20.4. The molecule has 1 saturated heterocycles. The zero-order chi connectivity index (χ0) is 19.6. The second-order valence-corrected chi connectivity index (χ2v) is 7.39. The van der Waals surface area contributed by atoms with Crippen LogP contribution in [0.25, 0.3) is 0 Å². The number of morpholine rings is 1. The van der Waals surface area contributed by atoms with Gasteiger partial charge in [0.05, 0.1) is 13.2 Å². The topological polar surface area (TPSA) is 95.6 Å². The van der Waals surface area contributed by atoms with Crippen LogP contribution in [0.4, 0.5) is 10.6 Å². The molecule has 154 valence electrons. The van der Waals surface area contributed by atoms with E-state index < -0.39 is 0 Å². The Morgan fingerprint density at radius 3 is 2.61 bits per heavy atom. The average molecular weight is 390 g/mol. The number of nitrogens with zero attached hydrogens (tertiary/aromatic N) is 2. The number of nitrogens with one attached hydrogen (secondary N) is 3. The van der Waals surface area contributed by atoms with Crippen LogP contribution < -0.4 is 20.9 Å². The second-order valence-electron chi connectivity index (χ2n) is 7.39. The molecule has 3 N–H and O–H groups in total. The quantitative estimate of drug-likeness (QED) is 0.658. The molecule has 28 heavy (non-hydrogen) atoms. The van der Waals surface area contributed by atoms with E-state index in [1.54, 1.807) is 6.20 Å². The second kappa shape index (κ2) is 10.8. The largest absolute Gasteiger partial charge is 0.378 e. The van der Waals surface area contributed by atoms with Crippen LogP contribution in [0.3, 0.4) is 0 Å². The minimum absolute atomic E-state index is 0.0878. The number of amides is 3. The summed E-state index contributed by atoms with van der Waals surface area (Å²) in [6, 6.07) is 4.05. The Morgan fingerprint density at radius 2 is 1.89 bits per heavy atom. The van der Waals surface area contributed by atoms with Gasteiger partial charge in [0.2, 0.25) is 5.91 Å². The van der Waals surface area contributed by atoms with Crippen LogP contribution in [0.1, 0.15) is 44.1 Å². The van der Waals surface area contributed by atoms with Gasteiger partial charge in [-0.15, -0.1) is 0 Å². The van der Waals surface area contributed by atoms with Crippen molar-refractivity contribution in [2.24, 2.45) is 0 Å². The number of hydrogen-bond acceptors (Lipinski definition) is 5. The molecule has 1 aliphatic heterocycles. The fourth-order valence-electron chi connectivity index (χ4n) is 3.56. The van der Waals surface area contributed by atoms with E-state index in [0.717, 1.165) is 50.5 Å². The minimum atomic E-state index is -0.178. The number of carbonyl (C=O) groups excluding carboxylic acids is 2. The van der Waals surface area contributed by atoms with Crippen LogP contribution in [-0.2, 0) is 16.1 Å². The maximum atomic E-state index is 12.0. The zero-order valence-electron chi connectivity index (χ0n) is 16.4. The van der Waals surface area contributed by atoms with Gasteiger partial charge in [-0.05, 0) is 24.5 Å². The summed E-state index contributed by atoms with van der Waals surface area (Å²) in [6.07, 6.45) is 7.76. The zero-order valence-corrected chi connectivity index (χ0v) is 16.4. The van der Waals surface area contributed by atoms with E-state index in [0.29, 0.717) is 13.1 Å². The molecular weight excluding hydrogens is 358 g/mol.